The second kappa shape index (κ2) is 8.95. The summed E-state index contributed by atoms with van der Waals surface area (Å²) in [5.74, 6) is -1.70. The van der Waals surface area contributed by atoms with Crippen molar-refractivity contribution in [3.05, 3.63) is 39.7 Å². The summed E-state index contributed by atoms with van der Waals surface area (Å²) in [5.41, 5.74) is 3.00. The van der Waals surface area contributed by atoms with Crippen LogP contribution in [0.2, 0.25) is 0 Å². The first kappa shape index (κ1) is 21.1. The van der Waals surface area contributed by atoms with E-state index in [0.717, 1.165) is 16.7 Å². The topological polar surface area (TPSA) is 58.9 Å². The highest BCUT2D eigenvalue weighted by Crippen LogP contribution is 2.42. The predicted octanol–water partition coefficient (Wildman–Crippen LogP) is 3.50. The average molecular weight is 439 g/mol. The van der Waals surface area contributed by atoms with Crippen LogP contribution in [0.1, 0.15) is 11.1 Å². The standard InChI is InChI=1S/C21H23F2NO5S/c1-12-16(29-11-14-10-27-5-6-28-14)9-19(25)24-4-3-13-7-17(26-2)18(30-21(22)23)8-15(13)20(12)24/h7-9,14,21H,3-6,10-11H2,1-2H3/t14-/m0/s1. The van der Waals surface area contributed by atoms with E-state index in [2.05, 4.69) is 0 Å². The second-order valence-electron chi connectivity index (χ2n) is 7.14. The van der Waals surface area contributed by atoms with Gasteiger partial charge in [0.1, 0.15) is 24.2 Å². The number of hydrogen-bond donors (Lipinski definition) is 0. The summed E-state index contributed by atoms with van der Waals surface area (Å²) in [6.45, 7) is 4.17. The molecule has 9 heteroatoms. The van der Waals surface area contributed by atoms with Gasteiger partial charge in [0.05, 0.1) is 37.5 Å². The normalized spacial score (nSPS) is 18.1. The van der Waals surface area contributed by atoms with Crippen LogP contribution in [0.4, 0.5) is 8.78 Å². The molecule has 1 saturated heterocycles. The van der Waals surface area contributed by atoms with E-state index in [-0.39, 0.29) is 18.3 Å². The lowest BCUT2D eigenvalue weighted by atomic mass is 9.94. The van der Waals surface area contributed by atoms with Crippen molar-refractivity contribution in [2.24, 2.45) is 0 Å². The molecule has 1 aromatic carbocycles. The van der Waals surface area contributed by atoms with Gasteiger partial charge in [0.15, 0.2) is 0 Å². The first-order valence-electron chi connectivity index (χ1n) is 9.70. The minimum absolute atomic E-state index is 0.184. The fraction of sp³-hybridized carbons (Fsp3) is 0.476. The molecule has 6 nitrogen and oxygen atoms in total. The number of ether oxygens (including phenoxy) is 4. The van der Waals surface area contributed by atoms with Crippen molar-refractivity contribution in [1.29, 1.82) is 0 Å². The Labute approximate surface area is 177 Å². The van der Waals surface area contributed by atoms with Gasteiger partial charge < -0.3 is 23.5 Å². The number of aromatic nitrogens is 1. The van der Waals surface area contributed by atoms with Gasteiger partial charge in [-0.3, -0.25) is 4.79 Å². The van der Waals surface area contributed by atoms with Crippen molar-refractivity contribution in [3.8, 4) is 22.8 Å². The highest BCUT2D eigenvalue weighted by Gasteiger charge is 2.25. The second-order valence-corrected chi connectivity index (χ2v) is 8.17. The van der Waals surface area contributed by atoms with Gasteiger partial charge in [0.2, 0.25) is 0 Å². The fourth-order valence-corrected chi connectivity index (χ4v) is 4.51. The van der Waals surface area contributed by atoms with Crippen LogP contribution < -0.4 is 15.0 Å². The highest BCUT2D eigenvalue weighted by atomic mass is 32.2. The van der Waals surface area contributed by atoms with Crippen molar-refractivity contribution in [2.45, 2.75) is 36.6 Å². The fourth-order valence-electron chi connectivity index (χ4n) is 3.87. The Kier molecular flexibility index (Phi) is 6.31. The van der Waals surface area contributed by atoms with E-state index < -0.39 is 5.76 Å². The van der Waals surface area contributed by atoms with Gasteiger partial charge in [-0.15, -0.1) is 0 Å². The molecule has 0 unspecified atom stereocenters. The average Bonchev–Trinajstić information content (AvgIpc) is 2.74. The van der Waals surface area contributed by atoms with Crippen LogP contribution in [0.3, 0.4) is 0 Å². The number of pyridine rings is 1. The van der Waals surface area contributed by atoms with Crippen LogP contribution in [0.15, 0.2) is 27.9 Å². The first-order valence-corrected chi connectivity index (χ1v) is 10.6. The Hall–Kier alpha value is -2.10. The van der Waals surface area contributed by atoms with Gasteiger partial charge in [-0.2, -0.15) is 8.78 Å². The minimum Gasteiger partial charge on any atom is -0.496 e. The zero-order valence-electron chi connectivity index (χ0n) is 16.8. The van der Waals surface area contributed by atoms with Crippen molar-refractivity contribution in [2.75, 3.05) is 33.5 Å². The molecule has 4 rings (SSSR count). The lowest BCUT2D eigenvalue weighted by Crippen LogP contribution is -2.34. The van der Waals surface area contributed by atoms with Crippen LogP contribution in [0.25, 0.3) is 11.3 Å². The Morgan fingerprint density at radius 2 is 2.10 bits per heavy atom. The molecule has 0 bridgehead atoms. The number of thioether (sulfide) groups is 1. The van der Waals surface area contributed by atoms with E-state index in [0.29, 0.717) is 66.6 Å². The molecular formula is C21H23F2NO5S. The number of methoxy groups -OCH3 is 1. The summed E-state index contributed by atoms with van der Waals surface area (Å²) in [6.07, 6.45) is 0.424. The SMILES string of the molecule is COc1cc2c(cc1SC(F)F)-c1c(C)c(OC[C@@H]3COCCO3)cc(=O)n1CC2. The Morgan fingerprint density at radius 3 is 2.80 bits per heavy atom. The Morgan fingerprint density at radius 1 is 1.27 bits per heavy atom. The van der Waals surface area contributed by atoms with Crippen molar-refractivity contribution < 1.29 is 27.7 Å². The molecule has 0 aliphatic carbocycles. The zero-order chi connectivity index (χ0) is 21.3. The molecule has 1 aromatic heterocycles. The Balaban J connectivity index is 1.73. The van der Waals surface area contributed by atoms with Gasteiger partial charge in [-0.05, 0) is 31.0 Å². The molecule has 2 aliphatic rings. The third-order valence-electron chi connectivity index (χ3n) is 5.29. The van der Waals surface area contributed by atoms with E-state index in [9.17, 15) is 13.6 Å². The smallest absolute Gasteiger partial charge is 0.289 e. The summed E-state index contributed by atoms with van der Waals surface area (Å²) in [4.78, 5) is 13.1. The van der Waals surface area contributed by atoms with E-state index in [1.807, 2.05) is 6.92 Å². The van der Waals surface area contributed by atoms with Crippen LogP contribution in [-0.2, 0) is 22.4 Å². The molecule has 2 aromatic rings. The van der Waals surface area contributed by atoms with Crippen LogP contribution in [0, 0.1) is 6.92 Å². The molecular weight excluding hydrogens is 416 g/mol. The number of nitrogens with zero attached hydrogens (tertiary/aromatic N) is 1. The summed E-state index contributed by atoms with van der Waals surface area (Å²) in [5, 5.41) is 0. The molecule has 162 valence electrons. The number of benzene rings is 1. The molecule has 0 amide bonds. The number of fused-ring (bicyclic) bond motifs is 3. The number of rotatable bonds is 6. The van der Waals surface area contributed by atoms with Gasteiger partial charge in [0.25, 0.3) is 11.3 Å². The van der Waals surface area contributed by atoms with Crippen LogP contribution in [-0.4, -0.2) is 50.0 Å². The quantitative estimate of drug-likeness (QED) is 0.643. The first-order chi connectivity index (χ1) is 14.5. The van der Waals surface area contributed by atoms with Gasteiger partial charge >= 0.3 is 0 Å². The molecule has 0 saturated carbocycles. The van der Waals surface area contributed by atoms with Crippen LogP contribution >= 0.6 is 11.8 Å². The van der Waals surface area contributed by atoms with E-state index in [1.54, 1.807) is 16.7 Å². The minimum atomic E-state index is -2.57. The lowest BCUT2D eigenvalue weighted by molar-refractivity contribution is -0.101. The molecule has 30 heavy (non-hydrogen) atoms. The zero-order valence-corrected chi connectivity index (χ0v) is 17.6. The molecule has 1 fully saturated rings. The highest BCUT2D eigenvalue weighted by molar-refractivity contribution is 7.99. The summed E-state index contributed by atoms with van der Waals surface area (Å²) >= 11 is 0.433. The lowest BCUT2D eigenvalue weighted by Gasteiger charge is -2.27. The molecule has 0 spiro atoms. The van der Waals surface area contributed by atoms with Gasteiger partial charge in [0, 0.05) is 23.7 Å². The number of alkyl halides is 2. The third kappa shape index (κ3) is 4.19. The maximum absolute atomic E-state index is 13.1. The van der Waals surface area contributed by atoms with E-state index in [4.69, 9.17) is 18.9 Å². The van der Waals surface area contributed by atoms with Crippen molar-refractivity contribution in [3.63, 3.8) is 0 Å². The maximum Gasteiger partial charge on any atom is 0.289 e. The molecule has 3 heterocycles. The van der Waals surface area contributed by atoms with Crippen molar-refractivity contribution >= 4 is 11.8 Å². The van der Waals surface area contributed by atoms with Crippen LogP contribution in [0.5, 0.6) is 11.5 Å². The molecule has 0 N–H and O–H groups in total. The largest absolute Gasteiger partial charge is 0.496 e. The summed E-state index contributed by atoms with van der Waals surface area (Å²) in [7, 11) is 1.47. The number of aryl methyl sites for hydroxylation is 1. The summed E-state index contributed by atoms with van der Waals surface area (Å²) < 4.78 is 50.0. The third-order valence-corrected chi connectivity index (χ3v) is 6.04. The molecule has 2 aliphatic heterocycles. The predicted molar refractivity (Wildman–Crippen MR) is 109 cm³/mol. The molecule has 1 atom stereocenters. The van der Waals surface area contributed by atoms with E-state index in [1.165, 1.54) is 13.2 Å². The van der Waals surface area contributed by atoms with Crippen molar-refractivity contribution in [1.82, 2.24) is 4.57 Å². The van der Waals surface area contributed by atoms with Gasteiger partial charge in [-0.1, -0.05) is 11.8 Å². The number of halogens is 2. The molecule has 0 radical (unpaired) electrons. The maximum atomic E-state index is 13.1. The van der Waals surface area contributed by atoms with E-state index >= 15 is 0 Å². The Bertz CT molecular complexity index is 988. The summed E-state index contributed by atoms with van der Waals surface area (Å²) in [6, 6.07) is 4.95. The van der Waals surface area contributed by atoms with Gasteiger partial charge in [-0.25, -0.2) is 0 Å². The monoisotopic (exact) mass is 439 g/mol. The number of hydrogen-bond acceptors (Lipinski definition) is 6.